The van der Waals surface area contributed by atoms with Crippen LogP contribution in [-0.4, -0.2) is 64.3 Å². The number of fused-ring (bicyclic) bond motifs is 1. The van der Waals surface area contributed by atoms with Crippen molar-refractivity contribution in [3.8, 4) is 0 Å². The van der Waals surface area contributed by atoms with Crippen LogP contribution in [0, 0.1) is 0 Å². The molecular weight excluding hydrogens is 414 g/mol. The Hall–Kier alpha value is -3.49. The molecule has 4 rings (SSSR count). The molecule has 0 saturated carbocycles. The van der Waals surface area contributed by atoms with E-state index >= 15 is 0 Å². The molecular formula is C23H25N3O6. The van der Waals surface area contributed by atoms with Gasteiger partial charge in [0, 0.05) is 19.5 Å². The summed E-state index contributed by atoms with van der Waals surface area (Å²) in [6.45, 7) is 6.28. The van der Waals surface area contributed by atoms with Gasteiger partial charge in [0.15, 0.2) is 0 Å². The first kappa shape index (κ1) is 21.7. The van der Waals surface area contributed by atoms with Crippen LogP contribution < -0.4 is 5.32 Å². The number of imide groups is 2. The van der Waals surface area contributed by atoms with Gasteiger partial charge in [0.25, 0.3) is 11.8 Å². The maximum atomic E-state index is 13.0. The van der Waals surface area contributed by atoms with Crippen molar-refractivity contribution in [1.82, 2.24) is 15.1 Å². The number of nitrogens with one attached hydrogen (secondary N) is 1. The van der Waals surface area contributed by atoms with Crippen LogP contribution in [0.5, 0.6) is 0 Å². The van der Waals surface area contributed by atoms with E-state index < -0.39 is 41.4 Å². The SMILES string of the molecule is CC(C)(C)OC(=O)N1CCC=C(c2ccc3c(c2)C(=O)N(C2CCC(=O)NC2=O)C3=O)C1. The predicted molar refractivity (Wildman–Crippen MR) is 114 cm³/mol. The summed E-state index contributed by atoms with van der Waals surface area (Å²) in [5.74, 6) is -2.15. The highest BCUT2D eigenvalue weighted by Gasteiger charge is 2.44. The highest BCUT2D eigenvalue weighted by molar-refractivity contribution is 6.23. The zero-order chi connectivity index (χ0) is 23.2. The smallest absolute Gasteiger partial charge is 0.410 e. The predicted octanol–water partition coefficient (Wildman–Crippen LogP) is 2.11. The first-order valence-corrected chi connectivity index (χ1v) is 10.6. The fourth-order valence-corrected chi connectivity index (χ4v) is 4.11. The first-order chi connectivity index (χ1) is 15.0. The van der Waals surface area contributed by atoms with Crippen LogP contribution in [0.25, 0.3) is 5.57 Å². The summed E-state index contributed by atoms with van der Waals surface area (Å²) >= 11 is 0. The molecule has 0 aromatic heterocycles. The molecule has 3 aliphatic rings. The summed E-state index contributed by atoms with van der Waals surface area (Å²) in [6, 6.07) is 3.94. The average Bonchev–Trinajstić information content (AvgIpc) is 2.97. The lowest BCUT2D eigenvalue weighted by Crippen LogP contribution is -2.54. The van der Waals surface area contributed by atoms with Gasteiger partial charge in [-0.15, -0.1) is 0 Å². The molecule has 168 valence electrons. The molecule has 3 heterocycles. The van der Waals surface area contributed by atoms with E-state index in [9.17, 15) is 24.0 Å². The lowest BCUT2D eigenvalue weighted by atomic mass is 9.97. The normalized spacial score (nSPS) is 21.3. The highest BCUT2D eigenvalue weighted by Crippen LogP contribution is 2.31. The van der Waals surface area contributed by atoms with Crippen molar-refractivity contribution < 1.29 is 28.7 Å². The molecule has 0 radical (unpaired) electrons. The number of hydrogen-bond acceptors (Lipinski definition) is 6. The molecule has 1 unspecified atom stereocenters. The maximum absolute atomic E-state index is 13.0. The number of ether oxygens (including phenoxy) is 1. The minimum absolute atomic E-state index is 0.0719. The Kier molecular flexibility index (Phi) is 5.36. The van der Waals surface area contributed by atoms with E-state index in [1.807, 2.05) is 26.8 Å². The van der Waals surface area contributed by atoms with Crippen LogP contribution in [0.3, 0.4) is 0 Å². The number of rotatable bonds is 2. The van der Waals surface area contributed by atoms with E-state index in [2.05, 4.69) is 5.32 Å². The third kappa shape index (κ3) is 4.02. The van der Waals surface area contributed by atoms with Gasteiger partial charge >= 0.3 is 6.09 Å². The van der Waals surface area contributed by atoms with Crippen LogP contribution >= 0.6 is 0 Å². The Morgan fingerprint density at radius 2 is 1.81 bits per heavy atom. The highest BCUT2D eigenvalue weighted by atomic mass is 16.6. The molecule has 0 spiro atoms. The van der Waals surface area contributed by atoms with Gasteiger partial charge in [-0.3, -0.25) is 29.4 Å². The van der Waals surface area contributed by atoms with Gasteiger partial charge in [-0.25, -0.2) is 4.79 Å². The van der Waals surface area contributed by atoms with Gasteiger partial charge in [0.05, 0.1) is 11.1 Å². The summed E-state index contributed by atoms with van der Waals surface area (Å²) < 4.78 is 5.46. The summed E-state index contributed by atoms with van der Waals surface area (Å²) in [5.41, 5.74) is 1.42. The molecule has 1 saturated heterocycles. The van der Waals surface area contributed by atoms with E-state index in [0.717, 1.165) is 16.0 Å². The van der Waals surface area contributed by atoms with Gasteiger partial charge < -0.3 is 9.64 Å². The van der Waals surface area contributed by atoms with Crippen LogP contribution in [-0.2, 0) is 14.3 Å². The Balaban J connectivity index is 1.55. The summed E-state index contributed by atoms with van der Waals surface area (Å²) in [4.78, 5) is 64.5. The Labute approximate surface area is 185 Å². The van der Waals surface area contributed by atoms with Gasteiger partial charge in [-0.2, -0.15) is 0 Å². The number of nitrogens with zero attached hydrogens (tertiary/aromatic N) is 2. The molecule has 32 heavy (non-hydrogen) atoms. The molecule has 1 fully saturated rings. The van der Waals surface area contributed by atoms with Crippen molar-refractivity contribution in [2.45, 2.75) is 51.7 Å². The number of piperidine rings is 1. The first-order valence-electron chi connectivity index (χ1n) is 10.6. The molecule has 3 aliphatic heterocycles. The van der Waals surface area contributed by atoms with Crippen LogP contribution in [0.15, 0.2) is 24.3 Å². The largest absolute Gasteiger partial charge is 0.444 e. The van der Waals surface area contributed by atoms with Crippen molar-refractivity contribution in [1.29, 1.82) is 0 Å². The number of carbonyl (C=O) groups is 5. The molecule has 0 aliphatic carbocycles. The topological polar surface area (TPSA) is 113 Å². The molecule has 1 aromatic carbocycles. The molecule has 0 bridgehead atoms. The van der Waals surface area contributed by atoms with E-state index in [1.165, 1.54) is 0 Å². The summed E-state index contributed by atoms with van der Waals surface area (Å²) in [7, 11) is 0. The Morgan fingerprint density at radius 3 is 2.50 bits per heavy atom. The zero-order valence-electron chi connectivity index (χ0n) is 18.3. The minimum Gasteiger partial charge on any atom is -0.444 e. The van der Waals surface area contributed by atoms with E-state index in [4.69, 9.17) is 4.74 Å². The number of benzene rings is 1. The van der Waals surface area contributed by atoms with E-state index in [1.54, 1.807) is 23.1 Å². The third-order valence-electron chi connectivity index (χ3n) is 5.61. The van der Waals surface area contributed by atoms with Crippen molar-refractivity contribution in [3.05, 3.63) is 41.0 Å². The van der Waals surface area contributed by atoms with Gasteiger partial charge in [0.1, 0.15) is 11.6 Å². The van der Waals surface area contributed by atoms with E-state index in [0.29, 0.717) is 19.5 Å². The van der Waals surface area contributed by atoms with E-state index in [-0.39, 0.29) is 24.0 Å². The van der Waals surface area contributed by atoms with Crippen LogP contribution in [0.1, 0.15) is 66.3 Å². The Morgan fingerprint density at radius 1 is 1.09 bits per heavy atom. The molecule has 1 atom stereocenters. The molecule has 5 amide bonds. The zero-order valence-corrected chi connectivity index (χ0v) is 18.3. The third-order valence-corrected chi connectivity index (χ3v) is 5.61. The molecule has 1 N–H and O–H groups in total. The number of carbonyl (C=O) groups excluding carboxylic acids is 5. The fraction of sp³-hybridized carbons (Fsp3) is 0.435. The number of hydrogen-bond donors (Lipinski definition) is 1. The lowest BCUT2D eigenvalue weighted by Gasteiger charge is -2.30. The van der Waals surface area contributed by atoms with Crippen LogP contribution in [0.2, 0.25) is 0 Å². The molecule has 1 aromatic rings. The van der Waals surface area contributed by atoms with Crippen LogP contribution in [0.4, 0.5) is 4.79 Å². The average molecular weight is 439 g/mol. The summed E-state index contributed by atoms with van der Waals surface area (Å²) in [6.07, 6.45) is 2.42. The van der Waals surface area contributed by atoms with Crippen molar-refractivity contribution in [2.24, 2.45) is 0 Å². The maximum Gasteiger partial charge on any atom is 0.410 e. The fourth-order valence-electron chi connectivity index (χ4n) is 4.11. The quantitative estimate of drug-likeness (QED) is 0.706. The van der Waals surface area contributed by atoms with Gasteiger partial charge in [-0.05, 0) is 56.9 Å². The molecule has 9 heteroatoms. The van der Waals surface area contributed by atoms with Crippen molar-refractivity contribution >= 4 is 35.3 Å². The summed E-state index contributed by atoms with van der Waals surface area (Å²) in [5, 5.41) is 2.19. The monoisotopic (exact) mass is 439 g/mol. The Bertz CT molecular complexity index is 1070. The standard InChI is InChI=1S/C23H25N3O6/c1-23(2,3)32-22(31)25-10-4-5-14(12-25)13-6-7-15-16(11-13)21(30)26(20(15)29)17-8-9-18(27)24-19(17)28/h5-7,11,17H,4,8-10,12H2,1-3H3,(H,24,27,28). The number of amides is 5. The van der Waals surface area contributed by atoms with Crippen molar-refractivity contribution in [2.75, 3.05) is 13.1 Å². The lowest BCUT2D eigenvalue weighted by molar-refractivity contribution is -0.136. The van der Waals surface area contributed by atoms with Crippen molar-refractivity contribution in [3.63, 3.8) is 0 Å². The van der Waals surface area contributed by atoms with Gasteiger partial charge in [0.2, 0.25) is 11.8 Å². The molecule has 9 nitrogen and oxygen atoms in total. The minimum atomic E-state index is -1.000. The van der Waals surface area contributed by atoms with Gasteiger partial charge in [-0.1, -0.05) is 12.1 Å². The second-order valence-electron chi connectivity index (χ2n) is 9.13. The second kappa shape index (κ2) is 7.89. The second-order valence-corrected chi connectivity index (χ2v) is 9.13.